The molecule has 1 aromatic carbocycles. The van der Waals surface area contributed by atoms with Crippen LogP contribution >= 0.6 is 11.6 Å². The number of benzene rings is 1. The zero-order valence-electron chi connectivity index (χ0n) is 8.72. The topological polar surface area (TPSA) is 47.8 Å². The van der Waals surface area contributed by atoms with Gasteiger partial charge in [-0.2, -0.15) is 0 Å². The first kappa shape index (κ1) is 10.8. The number of hydrogen-bond donors (Lipinski definition) is 0. The third kappa shape index (κ3) is 2.46. The number of hydrogen-bond acceptors (Lipinski definition) is 3. The van der Waals surface area contributed by atoms with Gasteiger partial charge in [0.1, 0.15) is 5.78 Å². The highest BCUT2D eigenvalue weighted by Gasteiger charge is 2.04. The predicted molar refractivity (Wildman–Crippen MR) is 60.8 cm³/mol. The second-order valence-electron chi connectivity index (χ2n) is 3.51. The maximum absolute atomic E-state index is 10.9. The molecule has 0 bridgehead atoms. The van der Waals surface area contributed by atoms with Crippen LogP contribution in [0.15, 0.2) is 30.5 Å². The Morgan fingerprint density at radius 3 is 2.69 bits per heavy atom. The van der Waals surface area contributed by atoms with Crippen LogP contribution in [0.3, 0.4) is 0 Å². The summed E-state index contributed by atoms with van der Waals surface area (Å²) in [6.07, 6.45) is 2.05. The van der Waals surface area contributed by atoms with Crippen molar-refractivity contribution >= 4 is 17.4 Å². The largest absolute Gasteiger partial charge is 0.300 e. The summed E-state index contributed by atoms with van der Waals surface area (Å²) >= 11 is 5.78. The molecule has 5 heteroatoms. The Morgan fingerprint density at radius 1 is 1.38 bits per heavy atom. The Balaban J connectivity index is 2.24. The van der Waals surface area contributed by atoms with E-state index < -0.39 is 0 Å². The third-order valence-corrected chi connectivity index (χ3v) is 2.31. The Bertz CT molecular complexity index is 504. The van der Waals surface area contributed by atoms with E-state index in [4.69, 9.17) is 11.6 Å². The van der Waals surface area contributed by atoms with Crippen molar-refractivity contribution in [2.45, 2.75) is 13.3 Å². The highest BCUT2D eigenvalue weighted by atomic mass is 35.5. The van der Waals surface area contributed by atoms with Crippen LogP contribution in [0.1, 0.15) is 12.6 Å². The summed E-state index contributed by atoms with van der Waals surface area (Å²) in [4.78, 5) is 10.9. The lowest BCUT2D eigenvalue weighted by atomic mass is 10.2. The van der Waals surface area contributed by atoms with Gasteiger partial charge in [0, 0.05) is 5.02 Å². The molecule has 1 aromatic heterocycles. The summed E-state index contributed by atoms with van der Waals surface area (Å²) in [5.41, 5.74) is 1.54. The predicted octanol–water partition coefficient (Wildman–Crippen LogP) is 2.05. The van der Waals surface area contributed by atoms with Crippen LogP contribution in [0.25, 0.3) is 5.69 Å². The summed E-state index contributed by atoms with van der Waals surface area (Å²) in [6.45, 7) is 1.53. The molecule has 0 amide bonds. The van der Waals surface area contributed by atoms with Crippen LogP contribution < -0.4 is 0 Å². The molecule has 0 aliphatic rings. The molecular formula is C11H10ClN3O. The minimum Gasteiger partial charge on any atom is -0.300 e. The van der Waals surface area contributed by atoms with Crippen molar-refractivity contribution in [1.29, 1.82) is 0 Å². The summed E-state index contributed by atoms with van der Waals surface area (Å²) in [5, 5.41) is 8.53. The van der Waals surface area contributed by atoms with Crippen molar-refractivity contribution in [2.75, 3.05) is 0 Å². The molecule has 0 aliphatic carbocycles. The molecule has 16 heavy (non-hydrogen) atoms. The summed E-state index contributed by atoms with van der Waals surface area (Å²) in [5.74, 6) is 0.0724. The Hall–Kier alpha value is -1.68. The van der Waals surface area contributed by atoms with Crippen LogP contribution in [-0.2, 0) is 11.2 Å². The Morgan fingerprint density at radius 2 is 2.06 bits per heavy atom. The molecule has 0 aliphatic heterocycles. The van der Waals surface area contributed by atoms with E-state index in [1.54, 1.807) is 23.0 Å². The van der Waals surface area contributed by atoms with E-state index in [0.29, 0.717) is 17.1 Å². The quantitative estimate of drug-likeness (QED) is 0.818. The maximum atomic E-state index is 10.9. The molecular weight excluding hydrogens is 226 g/mol. The highest BCUT2D eigenvalue weighted by Crippen LogP contribution is 2.12. The van der Waals surface area contributed by atoms with Gasteiger partial charge >= 0.3 is 0 Å². The van der Waals surface area contributed by atoms with E-state index in [0.717, 1.165) is 5.69 Å². The maximum Gasteiger partial charge on any atom is 0.135 e. The zero-order valence-corrected chi connectivity index (χ0v) is 9.48. The smallest absolute Gasteiger partial charge is 0.135 e. The fourth-order valence-corrected chi connectivity index (χ4v) is 1.48. The molecule has 0 spiro atoms. The van der Waals surface area contributed by atoms with E-state index >= 15 is 0 Å². The van der Waals surface area contributed by atoms with Crippen molar-refractivity contribution in [3.05, 3.63) is 41.2 Å². The Labute approximate surface area is 97.8 Å². The SMILES string of the molecule is CC(=O)Cc1cn(-c2ccc(Cl)cc2)nn1. The lowest BCUT2D eigenvalue weighted by molar-refractivity contribution is -0.116. The molecule has 82 valence electrons. The number of aromatic nitrogens is 3. The van der Waals surface area contributed by atoms with Crippen molar-refractivity contribution < 1.29 is 4.79 Å². The van der Waals surface area contributed by atoms with E-state index in [9.17, 15) is 4.79 Å². The molecule has 1 heterocycles. The number of carbonyl (C=O) groups excluding carboxylic acids is 1. The molecule has 0 N–H and O–H groups in total. The lowest BCUT2D eigenvalue weighted by Gasteiger charge is -1.98. The van der Waals surface area contributed by atoms with Gasteiger partial charge in [0.05, 0.1) is 24.0 Å². The lowest BCUT2D eigenvalue weighted by Crippen LogP contribution is -1.96. The normalized spacial score (nSPS) is 10.4. The van der Waals surface area contributed by atoms with Crippen molar-refractivity contribution in [3.63, 3.8) is 0 Å². The van der Waals surface area contributed by atoms with Gasteiger partial charge < -0.3 is 0 Å². The van der Waals surface area contributed by atoms with Gasteiger partial charge in [0.15, 0.2) is 0 Å². The van der Waals surface area contributed by atoms with Crippen molar-refractivity contribution in [1.82, 2.24) is 15.0 Å². The summed E-state index contributed by atoms with van der Waals surface area (Å²) < 4.78 is 1.62. The second kappa shape index (κ2) is 4.45. The number of carbonyl (C=O) groups is 1. The molecule has 0 unspecified atom stereocenters. The molecule has 0 saturated carbocycles. The van der Waals surface area contributed by atoms with Crippen LogP contribution in [0.2, 0.25) is 5.02 Å². The zero-order chi connectivity index (χ0) is 11.5. The fraction of sp³-hybridized carbons (Fsp3) is 0.182. The number of ketones is 1. The Kier molecular flexibility index (Phi) is 3.01. The molecule has 2 aromatic rings. The van der Waals surface area contributed by atoms with Gasteiger partial charge in [-0.25, -0.2) is 4.68 Å². The van der Waals surface area contributed by atoms with Crippen LogP contribution in [0.5, 0.6) is 0 Å². The van der Waals surface area contributed by atoms with Crippen LogP contribution in [0.4, 0.5) is 0 Å². The van der Waals surface area contributed by atoms with Gasteiger partial charge in [-0.05, 0) is 31.2 Å². The average molecular weight is 236 g/mol. The standard InChI is InChI=1S/C11H10ClN3O/c1-8(16)6-10-7-15(14-13-10)11-4-2-9(12)3-5-11/h2-5,7H,6H2,1H3. The molecule has 0 fully saturated rings. The first-order valence-corrected chi connectivity index (χ1v) is 5.19. The van der Waals surface area contributed by atoms with Crippen molar-refractivity contribution in [2.24, 2.45) is 0 Å². The number of rotatable bonds is 3. The summed E-state index contributed by atoms with van der Waals surface area (Å²) in [6, 6.07) is 7.25. The highest BCUT2D eigenvalue weighted by molar-refractivity contribution is 6.30. The van der Waals surface area contributed by atoms with E-state index in [-0.39, 0.29) is 5.78 Å². The molecule has 0 saturated heterocycles. The van der Waals surface area contributed by atoms with E-state index in [1.807, 2.05) is 12.1 Å². The van der Waals surface area contributed by atoms with Gasteiger partial charge in [-0.3, -0.25) is 4.79 Å². The van der Waals surface area contributed by atoms with E-state index in [2.05, 4.69) is 10.3 Å². The van der Waals surface area contributed by atoms with Crippen LogP contribution in [-0.4, -0.2) is 20.8 Å². The number of Topliss-reactive ketones (excluding diaryl/α,β-unsaturated/α-hetero) is 1. The molecule has 0 atom stereocenters. The number of halogens is 1. The van der Waals surface area contributed by atoms with Gasteiger partial charge in [-0.1, -0.05) is 16.8 Å². The second-order valence-corrected chi connectivity index (χ2v) is 3.95. The van der Waals surface area contributed by atoms with E-state index in [1.165, 1.54) is 6.92 Å². The van der Waals surface area contributed by atoms with Gasteiger partial charge in [0.25, 0.3) is 0 Å². The minimum atomic E-state index is 0.0724. The number of nitrogens with zero attached hydrogens (tertiary/aromatic N) is 3. The average Bonchev–Trinajstić information content (AvgIpc) is 2.66. The third-order valence-electron chi connectivity index (χ3n) is 2.06. The molecule has 0 radical (unpaired) electrons. The minimum absolute atomic E-state index is 0.0724. The van der Waals surface area contributed by atoms with Gasteiger partial charge in [-0.15, -0.1) is 5.10 Å². The molecule has 2 rings (SSSR count). The fourth-order valence-electron chi connectivity index (χ4n) is 1.35. The van der Waals surface area contributed by atoms with Crippen molar-refractivity contribution in [3.8, 4) is 5.69 Å². The molecule has 4 nitrogen and oxygen atoms in total. The summed E-state index contributed by atoms with van der Waals surface area (Å²) in [7, 11) is 0. The first-order chi connectivity index (χ1) is 7.65. The first-order valence-electron chi connectivity index (χ1n) is 4.82. The monoisotopic (exact) mass is 235 g/mol. The van der Waals surface area contributed by atoms with Crippen LogP contribution in [0, 0.1) is 0 Å². The van der Waals surface area contributed by atoms with Gasteiger partial charge in [0.2, 0.25) is 0 Å².